The average molecular weight is 1050 g/mol. The van der Waals surface area contributed by atoms with Crippen molar-refractivity contribution in [2.75, 3.05) is 19.8 Å². The molecule has 75 heavy (non-hydrogen) atoms. The van der Waals surface area contributed by atoms with Crippen LogP contribution in [-0.2, 0) is 52.5 Å². The fraction of sp³-hybridized carbons (Fsp3) is 0.875. The highest BCUT2D eigenvalue weighted by Gasteiger charge is 2.60. The van der Waals surface area contributed by atoms with E-state index < -0.39 is 24.0 Å². The zero-order valence-corrected chi connectivity index (χ0v) is 48.4. The van der Waals surface area contributed by atoms with Crippen LogP contribution in [0.2, 0.25) is 0 Å². The Bertz CT molecular complexity index is 1660. The van der Waals surface area contributed by atoms with Gasteiger partial charge in [-0.15, -0.1) is 0 Å². The van der Waals surface area contributed by atoms with Crippen molar-refractivity contribution in [3.8, 4) is 0 Å². The van der Waals surface area contributed by atoms with Crippen molar-refractivity contribution in [3.05, 3.63) is 11.6 Å². The topological polar surface area (TPSA) is 149 Å². The average Bonchev–Trinajstić information content (AvgIpc) is 3.72. The molecule has 0 saturated heterocycles. The Hall–Kier alpha value is -3.24. The number of hydrogen-bond acceptors (Lipinski definition) is 11. The Morgan fingerprint density at radius 3 is 1.53 bits per heavy atom. The predicted octanol–water partition coefficient (Wildman–Crippen LogP) is 16.1. The summed E-state index contributed by atoms with van der Waals surface area (Å²) in [6, 6.07) is 0. The lowest BCUT2D eigenvalue weighted by Crippen LogP contribution is -2.51. The first-order valence-electron chi connectivity index (χ1n) is 31.4. The molecule has 2 unspecified atom stereocenters. The summed E-state index contributed by atoms with van der Waals surface area (Å²) in [6.07, 6.45) is 41.8. The standard InChI is InChI=1S/C64H108O11/c1-6-8-10-12-14-16-18-20-22-24-26-28-30-34-58(66)72-48-53(49-73-59(67)35-31-29-27-25-23-21-19-17-15-13-11-9-7-2)74-62(70)50(3)46-61(69)71-45-33-32-36-60(68)75-57-40-39-55-54-38-37-51-47-52(65)41-43-63(51,4)56(54)42-44-64(55,57)5/h47,50,53-57H,6-46,48-49H2,1-5H3/t50?,54-,55-,56-,57?,63-,64-/m0/s1. The summed E-state index contributed by atoms with van der Waals surface area (Å²) in [5, 5.41) is 0. The van der Waals surface area contributed by atoms with E-state index >= 15 is 0 Å². The summed E-state index contributed by atoms with van der Waals surface area (Å²) in [5.41, 5.74) is 1.46. The fourth-order valence-electron chi connectivity index (χ4n) is 13.4. The zero-order valence-electron chi connectivity index (χ0n) is 48.4. The first kappa shape index (κ1) is 64.3. The van der Waals surface area contributed by atoms with E-state index in [0.717, 1.165) is 83.5 Å². The number of rotatable bonds is 42. The molecule has 4 rings (SSSR count). The normalized spacial score (nSPS) is 23.4. The van der Waals surface area contributed by atoms with Gasteiger partial charge >= 0.3 is 29.8 Å². The maximum Gasteiger partial charge on any atom is 0.309 e. The van der Waals surface area contributed by atoms with Gasteiger partial charge in [0.05, 0.1) is 18.9 Å². The van der Waals surface area contributed by atoms with Crippen LogP contribution in [0.25, 0.3) is 0 Å². The summed E-state index contributed by atoms with van der Waals surface area (Å²) in [7, 11) is 0. The van der Waals surface area contributed by atoms with Crippen LogP contribution in [0.5, 0.6) is 0 Å². The third-order valence-electron chi connectivity index (χ3n) is 18.2. The molecule has 430 valence electrons. The van der Waals surface area contributed by atoms with Gasteiger partial charge < -0.3 is 23.7 Å². The summed E-state index contributed by atoms with van der Waals surface area (Å²) >= 11 is 0. The number of unbranched alkanes of at least 4 members (excludes halogenated alkanes) is 25. The number of allylic oxidation sites excluding steroid dienone is 1. The van der Waals surface area contributed by atoms with Gasteiger partial charge in [0.25, 0.3) is 0 Å². The molecule has 7 atom stereocenters. The second-order valence-corrected chi connectivity index (χ2v) is 24.3. The minimum atomic E-state index is -0.999. The Kier molecular flexibility index (Phi) is 31.5. The monoisotopic (exact) mass is 1050 g/mol. The number of carbonyl (C=O) groups is 6. The Morgan fingerprint density at radius 2 is 1.01 bits per heavy atom. The molecule has 3 fully saturated rings. The molecular weight excluding hydrogens is 945 g/mol. The zero-order chi connectivity index (χ0) is 54.2. The molecule has 0 aromatic heterocycles. The highest BCUT2D eigenvalue weighted by molar-refractivity contribution is 5.91. The number of ether oxygens (including phenoxy) is 5. The first-order valence-corrected chi connectivity index (χ1v) is 31.4. The Morgan fingerprint density at radius 1 is 0.533 bits per heavy atom. The molecule has 0 aliphatic heterocycles. The van der Waals surface area contributed by atoms with Crippen LogP contribution in [0.3, 0.4) is 0 Å². The van der Waals surface area contributed by atoms with Crippen molar-refractivity contribution >= 4 is 35.6 Å². The SMILES string of the molecule is CCCCCCCCCCCCCCCC(=O)OCC(COC(=O)CCCCCCCCCCCCCCC)OC(=O)C(C)CC(=O)OCCCCC(=O)OC1CC[C@H]2[C@@H]3CCC4=CC(=O)CC[C@]4(C)[C@H]3CC[C@]12C. The van der Waals surface area contributed by atoms with Crippen molar-refractivity contribution in [2.45, 2.75) is 304 Å². The second kappa shape index (κ2) is 36.8. The van der Waals surface area contributed by atoms with Gasteiger partial charge in [-0.05, 0) is 99.9 Å². The molecule has 0 spiro atoms. The molecule has 0 radical (unpaired) electrons. The summed E-state index contributed by atoms with van der Waals surface area (Å²) in [5.74, 6) is -1.02. The number of esters is 5. The quantitative estimate of drug-likeness (QED) is 0.0327. The van der Waals surface area contributed by atoms with Gasteiger partial charge in [-0.2, -0.15) is 0 Å². The summed E-state index contributed by atoms with van der Waals surface area (Å²) in [4.78, 5) is 77.0. The molecular formula is C64H108O11. The van der Waals surface area contributed by atoms with Crippen LogP contribution in [-0.4, -0.2) is 67.7 Å². The number of carbonyl (C=O) groups excluding carboxylic acids is 6. The predicted molar refractivity (Wildman–Crippen MR) is 298 cm³/mol. The highest BCUT2D eigenvalue weighted by Crippen LogP contribution is 2.65. The largest absolute Gasteiger partial charge is 0.466 e. The molecule has 0 amide bonds. The second-order valence-electron chi connectivity index (χ2n) is 24.3. The van der Waals surface area contributed by atoms with Crippen molar-refractivity contribution in [1.29, 1.82) is 0 Å². The molecule has 3 saturated carbocycles. The molecule has 4 aliphatic rings. The fourth-order valence-corrected chi connectivity index (χ4v) is 13.4. The van der Waals surface area contributed by atoms with Gasteiger partial charge in [0, 0.05) is 31.1 Å². The molecule has 0 aromatic carbocycles. The number of hydrogen-bond donors (Lipinski definition) is 0. The first-order chi connectivity index (χ1) is 36.3. The number of ketones is 1. The van der Waals surface area contributed by atoms with E-state index in [0.29, 0.717) is 37.0 Å². The van der Waals surface area contributed by atoms with E-state index in [-0.39, 0.29) is 86.1 Å². The smallest absolute Gasteiger partial charge is 0.309 e. The van der Waals surface area contributed by atoms with Crippen molar-refractivity contribution < 1.29 is 52.5 Å². The van der Waals surface area contributed by atoms with Gasteiger partial charge in [-0.3, -0.25) is 28.8 Å². The maximum atomic E-state index is 13.3. The van der Waals surface area contributed by atoms with Crippen LogP contribution in [0, 0.1) is 34.5 Å². The molecule has 0 heterocycles. The van der Waals surface area contributed by atoms with E-state index in [1.54, 1.807) is 6.92 Å². The maximum absolute atomic E-state index is 13.3. The van der Waals surface area contributed by atoms with Crippen LogP contribution in [0.1, 0.15) is 291 Å². The molecule has 0 N–H and O–H groups in total. The lowest BCUT2D eigenvalue weighted by Gasteiger charge is -2.57. The molecule has 0 bridgehead atoms. The molecule has 11 heteroatoms. The highest BCUT2D eigenvalue weighted by atomic mass is 16.6. The molecule has 11 nitrogen and oxygen atoms in total. The third-order valence-corrected chi connectivity index (χ3v) is 18.2. The van der Waals surface area contributed by atoms with Gasteiger partial charge in [0.2, 0.25) is 0 Å². The van der Waals surface area contributed by atoms with E-state index in [2.05, 4.69) is 27.7 Å². The van der Waals surface area contributed by atoms with Crippen molar-refractivity contribution in [2.24, 2.45) is 34.5 Å². The minimum absolute atomic E-state index is 0.0295. The Balaban J connectivity index is 1.11. The summed E-state index contributed by atoms with van der Waals surface area (Å²) < 4.78 is 28.5. The van der Waals surface area contributed by atoms with Crippen LogP contribution >= 0.6 is 0 Å². The van der Waals surface area contributed by atoms with E-state index in [1.165, 1.54) is 134 Å². The van der Waals surface area contributed by atoms with Gasteiger partial charge in [0.15, 0.2) is 11.9 Å². The van der Waals surface area contributed by atoms with Gasteiger partial charge in [-0.1, -0.05) is 194 Å². The number of fused-ring (bicyclic) bond motifs is 5. The third kappa shape index (κ3) is 23.7. The minimum Gasteiger partial charge on any atom is -0.466 e. The van der Waals surface area contributed by atoms with Crippen LogP contribution in [0.15, 0.2) is 11.6 Å². The lowest BCUT2D eigenvalue weighted by atomic mass is 9.47. The Labute approximate surface area is 456 Å². The van der Waals surface area contributed by atoms with Crippen molar-refractivity contribution in [3.63, 3.8) is 0 Å². The van der Waals surface area contributed by atoms with E-state index in [1.807, 2.05) is 6.08 Å². The van der Waals surface area contributed by atoms with Gasteiger partial charge in [-0.25, -0.2) is 0 Å². The van der Waals surface area contributed by atoms with E-state index in [9.17, 15) is 28.8 Å². The molecule has 0 aromatic rings. The summed E-state index contributed by atoms with van der Waals surface area (Å²) in [6.45, 7) is 10.5. The van der Waals surface area contributed by atoms with Crippen molar-refractivity contribution in [1.82, 2.24) is 0 Å². The van der Waals surface area contributed by atoms with Gasteiger partial charge in [0.1, 0.15) is 19.3 Å². The lowest BCUT2D eigenvalue weighted by molar-refractivity contribution is -0.170. The van der Waals surface area contributed by atoms with Crippen LogP contribution in [0.4, 0.5) is 0 Å². The van der Waals surface area contributed by atoms with Crippen LogP contribution < -0.4 is 0 Å². The van der Waals surface area contributed by atoms with E-state index in [4.69, 9.17) is 23.7 Å². The molecule has 4 aliphatic carbocycles.